The first-order chi connectivity index (χ1) is 7.91. The van der Waals surface area contributed by atoms with Crippen LogP contribution < -0.4 is 10.6 Å². The summed E-state index contributed by atoms with van der Waals surface area (Å²) in [5.41, 5.74) is 5.10. The lowest BCUT2D eigenvalue weighted by Gasteiger charge is -2.19. The molecule has 0 radical (unpaired) electrons. The molecule has 0 saturated heterocycles. The number of hydrogen-bond donors (Lipinski definition) is 2. The highest BCUT2D eigenvalue weighted by Gasteiger charge is 2.15. The summed E-state index contributed by atoms with van der Waals surface area (Å²) in [5, 5.41) is 16.2. The molecular formula is C10H14N4O3. The molecule has 1 amide bonds. The van der Waals surface area contributed by atoms with Gasteiger partial charge in [0.15, 0.2) is 11.5 Å². The molecule has 0 aliphatic rings. The second-order valence-electron chi connectivity index (χ2n) is 3.76. The summed E-state index contributed by atoms with van der Waals surface area (Å²) in [4.78, 5) is 23.1. The Labute approximate surface area is 98.2 Å². The maximum atomic E-state index is 10.8. The summed E-state index contributed by atoms with van der Waals surface area (Å²) >= 11 is 0. The first-order valence-electron chi connectivity index (χ1n) is 4.99. The van der Waals surface area contributed by atoms with Crippen LogP contribution in [0.5, 0.6) is 0 Å². The first kappa shape index (κ1) is 12.9. The van der Waals surface area contributed by atoms with Crippen LogP contribution in [0.1, 0.15) is 17.4 Å². The number of nitrogens with two attached hydrogens (primary N) is 1. The molecule has 0 spiro atoms. The average Bonchev–Trinajstić information content (AvgIpc) is 2.28. The number of rotatable bonds is 5. The number of nitrogens with zero attached hydrogens (tertiary/aromatic N) is 3. The van der Waals surface area contributed by atoms with E-state index in [1.807, 2.05) is 0 Å². The van der Waals surface area contributed by atoms with Crippen molar-refractivity contribution in [2.24, 2.45) is 11.7 Å². The van der Waals surface area contributed by atoms with Crippen molar-refractivity contribution in [2.75, 3.05) is 18.5 Å². The van der Waals surface area contributed by atoms with E-state index >= 15 is 0 Å². The Morgan fingerprint density at radius 2 is 2.12 bits per heavy atom. The van der Waals surface area contributed by atoms with E-state index < -0.39 is 17.8 Å². The quantitative estimate of drug-likeness (QED) is 0.730. The van der Waals surface area contributed by atoms with Crippen LogP contribution in [-0.2, 0) is 4.79 Å². The Kier molecular flexibility index (Phi) is 3.97. The number of aliphatic carboxylic acids is 1. The number of carboxylic acids is 1. The highest BCUT2D eigenvalue weighted by molar-refractivity contribution is 5.90. The summed E-state index contributed by atoms with van der Waals surface area (Å²) in [5.74, 6) is -1.55. The van der Waals surface area contributed by atoms with Gasteiger partial charge < -0.3 is 15.7 Å². The van der Waals surface area contributed by atoms with Gasteiger partial charge in [-0.3, -0.25) is 9.59 Å². The van der Waals surface area contributed by atoms with E-state index in [-0.39, 0.29) is 5.69 Å². The number of anilines is 1. The van der Waals surface area contributed by atoms with Crippen LogP contribution in [0, 0.1) is 5.92 Å². The van der Waals surface area contributed by atoms with Crippen LogP contribution in [0.25, 0.3) is 0 Å². The number of hydrogen-bond acceptors (Lipinski definition) is 5. The molecule has 1 aromatic heterocycles. The summed E-state index contributed by atoms with van der Waals surface area (Å²) < 4.78 is 0. The molecule has 1 rings (SSSR count). The monoisotopic (exact) mass is 238 g/mol. The normalized spacial score (nSPS) is 11.9. The fraction of sp³-hybridized carbons (Fsp3) is 0.400. The minimum atomic E-state index is -0.876. The number of primary amides is 1. The second kappa shape index (κ2) is 5.24. The maximum absolute atomic E-state index is 10.8. The van der Waals surface area contributed by atoms with Gasteiger partial charge in [-0.25, -0.2) is 0 Å². The zero-order valence-corrected chi connectivity index (χ0v) is 9.62. The van der Waals surface area contributed by atoms with Crippen molar-refractivity contribution in [2.45, 2.75) is 6.92 Å². The largest absolute Gasteiger partial charge is 0.481 e. The van der Waals surface area contributed by atoms with E-state index in [1.54, 1.807) is 24.9 Å². The summed E-state index contributed by atoms with van der Waals surface area (Å²) in [6.07, 6.45) is 0. The smallest absolute Gasteiger partial charge is 0.308 e. The highest BCUT2D eigenvalue weighted by Crippen LogP contribution is 2.09. The molecule has 17 heavy (non-hydrogen) atoms. The summed E-state index contributed by atoms with van der Waals surface area (Å²) in [7, 11) is 1.70. The molecule has 1 aromatic rings. The van der Waals surface area contributed by atoms with Crippen LogP contribution in [0.2, 0.25) is 0 Å². The molecule has 0 aromatic carbocycles. The predicted molar refractivity (Wildman–Crippen MR) is 60.6 cm³/mol. The third kappa shape index (κ3) is 3.40. The Balaban J connectivity index is 2.73. The Morgan fingerprint density at radius 3 is 2.53 bits per heavy atom. The molecule has 7 nitrogen and oxygen atoms in total. The van der Waals surface area contributed by atoms with Crippen LogP contribution in [0.3, 0.4) is 0 Å². The van der Waals surface area contributed by atoms with E-state index in [4.69, 9.17) is 10.8 Å². The lowest BCUT2D eigenvalue weighted by Crippen LogP contribution is -2.29. The number of carbonyl (C=O) groups is 2. The number of carbonyl (C=O) groups excluding carboxylic acids is 1. The average molecular weight is 238 g/mol. The fourth-order valence-electron chi connectivity index (χ4n) is 1.24. The molecule has 1 unspecified atom stereocenters. The predicted octanol–water partition coefficient (Wildman–Crippen LogP) is -0.268. The lowest BCUT2D eigenvalue weighted by molar-refractivity contribution is -0.140. The van der Waals surface area contributed by atoms with Crippen molar-refractivity contribution in [1.29, 1.82) is 0 Å². The van der Waals surface area contributed by atoms with E-state index in [0.717, 1.165) is 0 Å². The molecule has 0 fully saturated rings. The van der Waals surface area contributed by atoms with Gasteiger partial charge in [0.2, 0.25) is 0 Å². The van der Waals surface area contributed by atoms with Crippen molar-refractivity contribution >= 4 is 17.7 Å². The van der Waals surface area contributed by atoms with Gasteiger partial charge in [-0.1, -0.05) is 6.92 Å². The number of carboxylic acid groups (broad SMARTS) is 1. The third-order valence-electron chi connectivity index (χ3n) is 2.26. The highest BCUT2D eigenvalue weighted by atomic mass is 16.4. The SMILES string of the molecule is CC(CN(C)c1ccc(C(N)=O)nn1)C(=O)O. The minimum Gasteiger partial charge on any atom is -0.481 e. The maximum Gasteiger partial charge on any atom is 0.308 e. The van der Waals surface area contributed by atoms with Gasteiger partial charge in [-0.2, -0.15) is 0 Å². The van der Waals surface area contributed by atoms with Crippen molar-refractivity contribution in [1.82, 2.24) is 10.2 Å². The zero-order valence-electron chi connectivity index (χ0n) is 9.62. The van der Waals surface area contributed by atoms with Gasteiger partial charge >= 0.3 is 5.97 Å². The van der Waals surface area contributed by atoms with Crippen LogP contribution in [-0.4, -0.2) is 40.8 Å². The van der Waals surface area contributed by atoms with Crippen LogP contribution in [0.15, 0.2) is 12.1 Å². The van der Waals surface area contributed by atoms with Gasteiger partial charge in [0, 0.05) is 13.6 Å². The Hall–Kier alpha value is -2.18. The second-order valence-corrected chi connectivity index (χ2v) is 3.76. The van der Waals surface area contributed by atoms with Gasteiger partial charge in [-0.05, 0) is 12.1 Å². The van der Waals surface area contributed by atoms with Crippen molar-refractivity contribution in [3.05, 3.63) is 17.8 Å². The summed E-state index contributed by atoms with van der Waals surface area (Å²) in [6.45, 7) is 1.91. The molecule has 1 heterocycles. The molecule has 7 heteroatoms. The van der Waals surface area contributed by atoms with Gasteiger partial charge in [0.1, 0.15) is 0 Å². The van der Waals surface area contributed by atoms with Crippen molar-refractivity contribution in [3.63, 3.8) is 0 Å². The Morgan fingerprint density at radius 1 is 1.47 bits per heavy atom. The van der Waals surface area contributed by atoms with Gasteiger partial charge in [0.05, 0.1) is 5.92 Å². The number of aromatic nitrogens is 2. The molecule has 0 aliphatic heterocycles. The molecule has 0 aliphatic carbocycles. The topological polar surface area (TPSA) is 109 Å². The third-order valence-corrected chi connectivity index (χ3v) is 2.26. The standard InChI is InChI=1S/C10H14N4O3/c1-6(10(16)17)5-14(2)8-4-3-7(9(11)15)12-13-8/h3-4,6H,5H2,1-2H3,(H2,11,15)(H,16,17). The van der Waals surface area contributed by atoms with E-state index in [2.05, 4.69) is 10.2 Å². The minimum absolute atomic E-state index is 0.0773. The lowest BCUT2D eigenvalue weighted by atomic mass is 10.2. The Bertz CT molecular complexity index is 418. The van der Waals surface area contributed by atoms with E-state index in [1.165, 1.54) is 6.07 Å². The summed E-state index contributed by atoms with van der Waals surface area (Å²) in [6, 6.07) is 3.02. The van der Waals surface area contributed by atoms with Crippen molar-refractivity contribution in [3.8, 4) is 0 Å². The van der Waals surface area contributed by atoms with E-state index in [0.29, 0.717) is 12.4 Å². The number of amides is 1. The van der Waals surface area contributed by atoms with Crippen molar-refractivity contribution < 1.29 is 14.7 Å². The van der Waals surface area contributed by atoms with Crippen LogP contribution >= 0.6 is 0 Å². The molecule has 92 valence electrons. The van der Waals surface area contributed by atoms with E-state index in [9.17, 15) is 9.59 Å². The zero-order chi connectivity index (χ0) is 13.0. The molecule has 1 atom stereocenters. The van der Waals surface area contributed by atoms with Gasteiger partial charge in [0.25, 0.3) is 5.91 Å². The van der Waals surface area contributed by atoms with Crippen LogP contribution in [0.4, 0.5) is 5.82 Å². The first-order valence-corrected chi connectivity index (χ1v) is 4.99. The fourth-order valence-corrected chi connectivity index (χ4v) is 1.24. The molecule has 0 bridgehead atoms. The molecular weight excluding hydrogens is 224 g/mol. The molecule has 0 saturated carbocycles. The van der Waals surface area contributed by atoms with Gasteiger partial charge in [-0.15, -0.1) is 10.2 Å². The molecule has 3 N–H and O–H groups in total.